The second-order valence-electron chi connectivity index (χ2n) is 6.43. The normalized spacial score (nSPS) is 24.4. The molecule has 0 spiro atoms. The molecule has 1 saturated carbocycles. The number of carbonyl (C=O) groups excluding carboxylic acids is 2. The molecule has 0 radical (unpaired) electrons. The Kier molecular flexibility index (Phi) is 3.70. The summed E-state index contributed by atoms with van der Waals surface area (Å²) in [5.41, 5.74) is 2.43. The predicted octanol–water partition coefficient (Wildman–Crippen LogP) is 2.83. The van der Waals surface area contributed by atoms with E-state index in [0.717, 1.165) is 30.0 Å². The van der Waals surface area contributed by atoms with Crippen molar-refractivity contribution >= 4 is 17.5 Å². The number of rotatable bonds is 2. The summed E-state index contributed by atoms with van der Waals surface area (Å²) in [6.07, 6.45) is 4.99. The van der Waals surface area contributed by atoms with E-state index < -0.39 is 0 Å². The van der Waals surface area contributed by atoms with Crippen molar-refractivity contribution in [1.82, 2.24) is 4.90 Å². The van der Waals surface area contributed by atoms with Gasteiger partial charge >= 0.3 is 0 Å². The lowest BCUT2D eigenvalue weighted by Gasteiger charge is -2.33. The standard InChI is InChI=1S/C17H22N2O2/c1-11-3-7-14(8-4-11)19(2)17(21)13-6-5-12-10-16(20)18-15(12)9-13/h5-6,9,11,14H,3-4,7-8,10H2,1-2H3,(H,18,20). The zero-order valence-electron chi connectivity index (χ0n) is 12.7. The van der Waals surface area contributed by atoms with Crippen molar-refractivity contribution in [2.24, 2.45) is 5.92 Å². The summed E-state index contributed by atoms with van der Waals surface area (Å²) < 4.78 is 0. The van der Waals surface area contributed by atoms with Crippen LogP contribution in [0.3, 0.4) is 0 Å². The van der Waals surface area contributed by atoms with Crippen LogP contribution in [0.5, 0.6) is 0 Å². The van der Waals surface area contributed by atoms with Gasteiger partial charge in [-0.05, 0) is 49.3 Å². The van der Waals surface area contributed by atoms with E-state index in [1.165, 1.54) is 12.8 Å². The SMILES string of the molecule is CC1CCC(N(C)C(=O)c2ccc3c(c2)NC(=O)C3)CC1. The summed E-state index contributed by atoms with van der Waals surface area (Å²) in [6.45, 7) is 2.28. The molecule has 0 saturated heterocycles. The lowest BCUT2D eigenvalue weighted by atomic mass is 9.86. The largest absolute Gasteiger partial charge is 0.339 e. The Morgan fingerprint density at radius 2 is 1.95 bits per heavy atom. The number of hydrogen-bond donors (Lipinski definition) is 1. The Morgan fingerprint density at radius 3 is 2.67 bits per heavy atom. The minimum absolute atomic E-state index is 0.00391. The van der Waals surface area contributed by atoms with E-state index in [-0.39, 0.29) is 11.8 Å². The van der Waals surface area contributed by atoms with Gasteiger partial charge in [-0.25, -0.2) is 0 Å². The van der Waals surface area contributed by atoms with Gasteiger partial charge in [0.2, 0.25) is 5.91 Å². The molecule has 1 N–H and O–H groups in total. The van der Waals surface area contributed by atoms with Crippen LogP contribution in [0.4, 0.5) is 5.69 Å². The number of nitrogens with one attached hydrogen (secondary N) is 1. The van der Waals surface area contributed by atoms with Gasteiger partial charge in [0, 0.05) is 24.3 Å². The van der Waals surface area contributed by atoms with Crippen LogP contribution >= 0.6 is 0 Å². The van der Waals surface area contributed by atoms with Gasteiger partial charge in [-0.2, -0.15) is 0 Å². The molecule has 1 aliphatic heterocycles. The maximum absolute atomic E-state index is 12.6. The number of nitrogens with zero attached hydrogens (tertiary/aromatic N) is 1. The molecule has 0 bridgehead atoms. The Bertz CT molecular complexity index is 574. The second-order valence-corrected chi connectivity index (χ2v) is 6.43. The Hall–Kier alpha value is -1.84. The molecule has 2 amide bonds. The van der Waals surface area contributed by atoms with Crippen LogP contribution in [-0.2, 0) is 11.2 Å². The smallest absolute Gasteiger partial charge is 0.253 e. The summed E-state index contributed by atoms with van der Waals surface area (Å²) in [5, 5.41) is 2.81. The molecule has 3 rings (SSSR count). The third kappa shape index (κ3) is 2.80. The number of benzene rings is 1. The van der Waals surface area contributed by atoms with E-state index in [1.807, 2.05) is 30.1 Å². The molecular formula is C17H22N2O2. The minimum atomic E-state index is 0.00391. The fourth-order valence-electron chi connectivity index (χ4n) is 3.35. The van der Waals surface area contributed by atoms with Gasteiger partial charge in [-0.1, -0.05) is 13.0 Å². The molecule has 1 aromatic rings. The van der Waals surface area contributed by atoms with Gasteiger partial charge < -0.3 is 10.2 Å². The highest BCUT2D eigenvalue weighted by Crippen LogP contribution is 2.29. The number of anilines is 1. The van der Waals surface area contributed by atoms with Crippen LogP contribution in [-0.4, -0.2) is 29.8 Å². The third-order valence-corrected chi connectivity index (χ3v) is 4.84. The van der Waals surface area contributed by atoms with Crippen molar-refractivity contribution in [3.8, 4) is 0 Å². The van der Waals surface area contributed by atoms with E-state index >= 15 is 0 Å². The van der Waals surface area contributed by atoms with Crippen molar-refractivity contribution in [2.75, 3.05) is 12.4 Å². The first-order chi connectivity index (χ1) is 10.0. The maximum atomic E-state index is 12.6. The summed E-state index contributed by atoms with van der Waals surface area (Å²) >= 11 is 0. The molecule has 1 aliphatic carbocycles. The number of amides is 2. The molecule has 1 fully saturated rings. The molecular weight excluding hydrogens is 264 g/mol. The maximum Gasteiger partial charge on any atom is 0.253 e. The van der Waals surface area contributed by atoms with Crippen molar-refractivity contribution in [3.05, 3.63) is 29.3 Å². The molecule has 4 nitrogen and oxygen atoms in total. The molecule has 21 heavy (non-hydrogen) atoms. The molecule has 112 valence electrons. The van der Waals surface area contributed by atoms with E-state index in [2.05, 4.69) is 12.2 Å². The molecule has 0 unspecified atom stereocenters. The van der Waals surface area contributed by atoms with E-state index in [0.29, 0.717) is 18.0 Å². The predicted molar refractivity (Wildman–Crippen MR) is 82.3 cm³/mol. The first kappa shape index (κ1) is 14.1. The fourth-order valence-corrected chi connectivity index (χ4v) is 3.35. The highest BCUT2D eigenvalue weighted by Gasteiger charge is 2.26. The zero-order chi connectivity index (χ0) is 15.0. The summed E-state index contributed by atoms with van der Waals surface area (Å²) in [7, 11) is 1.90. The van der Waals surface area contributed by atoms with Crippen LogP contribution in [0.25, 0.3) is 0 Å². The van der Waals surface area contributed by atoms with Crippen LogP contribution in [0.15, 0.2) is 18.2 Å². The lowest BCUT2D eigenvalue weighted by molar-refractivity contribution is -0.115. The number of hydrogen-bond acceptors (Lipinski definition) is 2. The molecule has 2 aliphatic rings. The van der Waals surface area contributed by atoms with E-state index in [9.17, 15) is 9.59 Å². The van der Waals surface area contributed by atoms with Gasteiger partial charge in [-0.3, -0.25) is 9.59 Å². The summed E-state index contributed by atoms with van der Waals surface area (Å²) in [4.78, 5) is 25.9. The van der Waals surface area contributed by atoms with Gasteiger partial charge in [0.05, 0.1) is 6.42 Å². The van der Waals surface area contributed by atoms with Crippen molar-refractivity contribution in [2.45, 2.75) is 45.1 Å². The quantitative estimate of drug-likeness (QED) is 0.909. The van der Waals surface area contributed by atoms with Crippen LogP contribution in [0.1, 0.15) is 48.5 Å². The molecule has 1 heterocycles. The van der Waals surface area contributed by atoms with E-state index in [1.54, 1.807) is 0 Å². The van der Waals surface area contributed by atoms with Crippen LogP contribution < -0.4 is 5.32 Å². The van der Waals surface area contributed by atoms with Gasteiger partial charge in [0.25, 0.3) is 5.91 Å². The number of fused-ring (bicyclic) bond motifs is 1. The van der Waals surface area contributed by atoms with Crippen LogP contribution in [0.2, 0.25) is 0 Å². The topological polar surface area (TPSA) is 49.4 Å². The Labute approximate surface area is 125 Å². The van der Waals surface area contributed by atoms with Crippen molar-refractivity contribution < 1.29 is 9.59 Å². The van der Waals surface area contributed by atoms with Crippen molar-refractivity contribution in [3.63, 3.8) is 0 Å². The average Bonchev–Trinajstić information content (AvgIpc) is 2.85. The lowest BCUT2D eigenvalue weighted by Crippen LogP contribution is -2.39. The zero-order valence-corrected chi connectivity index (χ0v) is 12.7. The van der Waals surface area contributed by atoms with Crippen molar-refractivity contribution in [1.29, 1.82) is 0 Å². The number of carbonyl (C=O) groups is 2. The first-order valence-corrected chi connectivity index (χ1v) is 7.74. The minimum Gasteiger partial charge on any atom is -0.339 e. The highest BCUT2D eigenvalue weighted by atomic mass is 16.2. The molecule has 0 aromatic heterocycles. The molecule has 0 atom stereocenters. The Balaban J connectivity index is 1.73. The summed E-state index contributed by atoms with van der Waals surface area (Å²) in [6, 6.07) is 5.88. The second kappa shape index (κ2) is 5.51. The summed E-state index contributed by atoms with van der Waals surface area (Å²) in [5.74, 6) is 0.836. The average molecular weight is 286 g/mol. The Morgan fingerprint density at radius 1 is 1.24 bits per heavy atom. The highest BCUT2D eigenvalue weighted by molar-refractivity contribution is 6.02. The van der Waals surface area contributed by atoms with Crippen LogP contribution in [0, 0.1) is 5.92 Å². The van der Waals surface area contributed by atoms with E-state index in [4.69, 9.17) is 0 Å². The molecule has 1 aromatic carbocycles. The van der Waals surface area contributed by atoms with Gasteiger partial charge in [0.1, 0.15) is 0 Å². The fraction of sp³-hybridized carbons (Fsp3) is 0.529. The monoisotopic (exact) mass is 286 g/mol. The first-order valence-electron chi connectivity index (χ1n) is 7.74. The third-order valence-electron chi connectivity index (χ3n) is 4.84. The molecule has 4 heteroatoms. The van der Waals surface area contributed by atoms with Gasteiger partial charge in [-0.15, -0.1) is 0 Å². The van der Waals surface area contributed by atoms with Gasteiger partial charge in [0.15, 0.2) is 0 Å².